The van der Waals surface area contributed by atoms with Crippen molar-refractivity contribution in [2.75, 3.05) is 29.6 Å². The van der Waals surface area contributed by atoms with E-state index < -0.39 is 11.6 Å². The first-order valence-electron chi connectivity index (χ1n) is 11.6. The molecule has 35 heavy (non-hydrogen) atoms. The number of carbonyl (C=O) groups is 1. The summed E-state index contributed by atoms with van der Waals surface area (Å²) in [6, 6.07) is 7.00. The van der Waals surface area contributed by atoms with E-state index in [0.717, 1.165) is 49.2 Å². The minimum absolute atomic E-state index is 0.0214. The Morgan fingerprint density at radius 3 is 2.49 bits per heavy atom. The van der Waals surface area contributed by atoms with Gasteiger partial charge in [-0.2, -0.15) is 4.98 Å². The molecule has 0 atom stereocenters. The van der Waals surface area contributed by atoms with Gasteiger partial charge in [-0.25, -0.2) is 18.7 Å². The molecule has 0 aliphatic heterocycles. The van der Waals surface area contributed by atoms with Gasteiger partial charge < -0.3 is 20.9 Å². The molecule has 1 saturated carbocycles. The maximum Gasteiger partial charge on any atom is 0.255 e. The maximum absolute atomic E-state index is 13.6. The first kappa shape index (κ1) is 24.3. The number of carbonyl (C=O) groups excluding carboxylic acids is 1. The molecule has 2 heterocycles. The summed E-state index contributed by atoms with van der Waals surface area (Å²) >= 11 is 0. The normalized spacial score (nSPS) is 17.5. The van der Waals surface area contributed by atoms with Crippen LogP contribution in [0, 0.1) is 18.6 Å². The second-order valence-electron chi connectivity index (χ2n) is 8.91. The number of nitrogens with zero attached hydrogens (tertiary/aromatic N) is 4. The van der Waals surface area contributed by atoms with Crippen LogP contribution in [0.1, 0.15) is 41.6 Å². The minimum atomic E-state index is -0.976. The molecule has 3 N–H and O–H groups in total. The van der Waals surface area contributed by atoms with E-state index in [9.17, 15) is 13.6 Å². The molecule has 184 valence electrons. The number of pyridine rings is 1. The number of nitrogens with one attached hydrogen (secondary N) is 3. The van der Waals surface area contributed by atoms with Gasteiger partial charge in [-0.3, -0.25) is 4.79 Å². The molecule has 0 unspecified atom stereocenters. The van der Waals surface area contributed by atoms with Gasteiger partial charge >= 0.3 is 0 Å². The van der Waals surface area contributed by atoms with Crippen LogP contribution < -0.4 is 20.9 Å². The van der Waals surface area contributed by atoms with Gasteiger partial charge in [-0.05, 0) is 56.9 Å². The highest BCUT2D eigenvalue weighted by molar-refractivity contribution is 5.99. The SMILES string of the molecule is Cc1cnc(NC2CCC(NC(=O)c3cccnc3Nc3ccc(F)c(F)c3)CC2)nc1N(C)C. The standard InChI is InChI=1S/C25H29F2N7O/c1-15-14-29-25(33-23(15)34(2)3)32-17-8-6-16(7-9-17)31-24(35)19-5-4-12-28-22(19)30-18-10-11-20(26)21(27)13-18/h4-5,10-14,16-17H,6-9H2,1-3H3,(H,28,30)(H,31,35)(H,29,32,33). The van der Waals surface area contributed by atoms with Gasteiger partial charge in [-0.15, -0.1) is 0 Å². The largest absolute Gasteiger partial charge is 0.362 e. The molecule has 1 aliphatic carbocycles. The van der Waals surface area contributed by atoms with Gasteiger partial charge in [0.05, 0.1) is 5.56 Å². The van der Waals surface area contributed by atoms with Crippen LogP contribution in [0.15, 0.2) is 42.7 Å². The summed E-state index contributed by atoms with van der Waals surface area (Å²) in [5.41, 5.74) is 1.65. The van der Waals surface area contributed by atoms with Gasteiger partial charge in [0.25, 0.3) is 5.91 Å². The molecule has 2 aromatic heterocycles. The van der Waals surface area contributed by atoms with Crippen molar-refractivity contribution in [3.63, 3.8) is 0 Å². The first-order chi connectivity index (χ1) is 16.8. The fourth-order valence-electron chi connectivity index (χ4n) is 4.18. The number of hydrogen-bond donors (Lipinski definition) is 3. The molecule has 0 spiro atoms. The average molecular weight is 482 g/mol. The van der Waals surface area contributed by atoms with E-state index in [0.29, 0.717) is 17.2 Å². The minimum Gasteiger partial charge on any atom is -0.362 e. The summed E-state index contributed by atoms with van der Waals surface area (Å²) in [6.07, 6.45) is 6.70. The van der Waals surface area contributed by atoms with E-state index in [1.807, 2.05) is 32.1 Å². The van der Waals surface area contributed by atoms with Crippen LogP contribution >= 0.6 is 0 Å². The van der Waals surface area contributed by atoms with E-state index in [2.05, 4.69) is 30.9 Å². The predicted molar refractivity (Wildman–Crippen MR) is 132 cm³/mol. The highest BCUT2D eigenvalue weighted by Gasteiger charge is 2.24. The van der Waals surface area contributed by atoms with Crippen molar-refractivity contribution in [2.24, 2.45) is 0 Å². The Morgan fingerprint density at radius 1 is 1.03 bits per heavy atom. The summed E-state index contributed by atoms with van der Waals surface area (Å²) < 4.78 is 26.8. The van der Waals surface area contributed by atoms with Crippen LogP contribution in [-0.4, -0.2) is 47.0 Å². The van der Waals surface area contributed by atoms with Gasteiger partial charge in [-0.1, -0.05) is 0 Å². The van der Waals surface area contributed by atoms with Crippen molar-refractivity contribution in [1.82, 2.24) is 20.3 Å². The van der Waals surface area contributed by atoms with E-state index in [1.165, 1.54) is 12.3 Å². The molecule has 0 bridgehead atoms. The fraction of sp³-hybridized carbons (Fsp3) is 0.360. The summed E-state index contributed by atoms with van der Waals surface area (Å²) in [5, 5.41) is 9.40. The topological polar surface area (TPSA) is 95.1 Å². The lowest BCUT2D eigenvalue weighted by Gasteiger charge is -2.30. The van der Waals surface area contributed by atoms with Crippen molar-refractivity contribution < 1.29 is 13.6 Å². The Kier molecular flexibility index (Phi) is 7.38. The van der Waals surface area contributed by atoms with Crippen LogP contribution in [0.25, 0.3) is 0 Å². The number of anilines is 4. The molecule has 0 saturated heterocycles. The number of benzene rings is 1. The predicted octanol–water partition coefficient (Wildman–Crippen LogP) is 4.42. The van der Waals surface area contributed by atoms with Gasteiger partial charge in [0, 0.05) is 55.9 Å². The molecule has 1 fully saturated rings. The summed E-state index contributed by atoms with van der Waals surface area (Å²) in [4.78, 5) is 28.2. The lowest BCUT2D eigenvalue weighted by molar-refractivity contribution is 0.0927. The van der Waals surface area contributed by atoms with E-state index >= 15 is 0 Å². The molecule has 4 rings (SSSR count). The van der Waals surface area contributed by atoms with Gasteiger partial charge in [0.15, 0.2) is 11.6 Å². The number of aromatic nitrogens is 3. The smallest absolute Gasteiger partial charge is 0.255 e. The average Bonchev–Trinajstić information content (AvgIpc) is 2.84. The zero-order valence-electron chi connectivity index (χ0n) is 20.0. The highest BCUT2D eigenvalue weighted by atomic mass is 19.2. The number of halogens is 2. The number of amides is 1. The molecular weight excluding hydrogens is 452 g/mol. The molecule has 0 radical (unpaired) electrons. The molecular formula is C25H29F2N7O. The van der Waals surface area contributed by atoms with Crippen LogP contribution in [0.3, 0.4) is 0 Å². The molecule has 10 heteroatoms. The zero-order chi connectivity index (χ0) is 24.9. The van der Waals surface area contributed by atoms with Crippen molar-refractivity contribution >= 4 is 29.2 Å². The third-order valence-electron chi connectivity index (χ3n) is 6.00. The highest BCUT2D eigenvalue weighted by Crippen LogP contribution is 2.24. The Labute approximate surface area is 203 Å². The zero-order valence-corrected chi connectivity index (χ0v) is 20.0. The fourth-order valence-corrected chi connectivity index (χ4v) is 4.18. The summed E-state index contributed by atoms with van der Waals surface area (Å²) in [6.45, 7) is 1.98. The number of hydrogen-bond acceptors (Lipinski definition) is 7. The third kappa shape index (κ3) is 6.00. The van der Waals surface area contributed by atoms with Crippen LogP contribution in [0.5, 0.6) is 0 Å². The van der Waals surface area contributed by atoms with E-state index in [-0.39, 0.29) is 23.8 Å². The monoisotopic (exact) mass is 481 g/mol. The lowest BCUT2D eigenvalue weighted by atomic mass is 9.91. The van der Waals surface area contributed by atoms with Gasteiger partial charge in [0.2, 0.25) is 5.95 Å². The molecule has 1 aliphatic rings. The summed E-state index contributed by atoms with van der Waals surface area (Å²) in [7, 11) is 3.91. The first-order valence-corrected chi connectivity index (χ1v) is 11.6. The van der Waals surface area contributed by atoms with Crippen LogP contribution in [0.2, 0.25) is 0 Å². The van der Waals surface area contributed by atoms with Gasteiger partial charge in [0.1, 0.15) is 11.6 Å². The van der Waals surface area contributed by atoms with Crippen molar-refractivity contribution in [3.05, 3.63) is 65.5 Å². The van der Waals surface area contributed by atoms with Crippen LogP contribution in [-0.2, 0) is 0 Å². The second kappa shape index (κ2) is 10.6. The number of aryl methyl sites for hydroxylation is 1. The Bertz CT molecular complexity index is 1200. The number of rotatable bonds is 7. The van der Waals surface area contributed by atoms with E-state index in [4.69, 9.17) is 0 Å². The Morgan fingerprint density at radius 2 is 1.77 bits per heavy atom. The molecule has 8 nitrogen and oxygen atoms in total. The third-order valence-corrected chi connectivity index (χ3v) is 6.00. The molecule has 1 amide bonds. The van der Waals surface area contributed by atoms with Crippen molar-refractivity contribution in [1.29, 1.82) is 0 Å². The molecule has 1 aromatic carbocycles. The quantitative estimate of drug-likeness (QED) is 0.460. The Hall–Kier alpha value is -3.82. The Balaban J connectivity index is 1.34. The van der Waals surface area contributed by atoms with Crippen LogP contribution in [0.4, 0.5) is 32.1 Å². The summed E-state index contributed by atoms with van der Waals surface area (Å²) in [5.74, 6) is -0.414. The molecule has 3 aromatic rings. The maximum atomic E-state index is 13.6. The van der Waals surface area contributed by atoms with E-state index in [1.54, 1.807) is 12.1 Å². The second-order valence-corrected chi connectivity index (χ2v) is 8.91. The van der Waals surface area contributed by atoms with Crippen molar-refractivity contribution in [2.45, 2.75) is 44.7 Å². The van der Waals surface area contributed by atoms with Crippen molar-refractivity contribution in [3.8, 4) is 0 Å². The lowest BCUT2D eigenvalue weighted by Crippen LogP contribution is -2.40.